The van der Waals surface area contributed by atoms with Crippen LogP contribution in [0.3, 0.4) is 0 Å². The summed E-state index contributed by atoms with van der Waals surface area (Å²) >= 11 is 0. The van der Waals surface area contributed by atoms with Gasteiger partial charge in [0.25, 0.3) is 0 Å². The predicted octanol–water partition coefficient (Wildman–Crippen LogP) is 1.38. The minimum Gasteiger partial charge on any atom is -0.711 e. The van der Waals surface area contributed by atoms with Crippen LogP contribution in [0.15, 0.2) is 29.4 Å². The van der Waals surface area contributed by atoms with Crippen LogP contribution in [-0.4, -0.2) is 28.8 Å². The lowest BCUT2D eigenvalue weighted by atomic mass is 10.0. The van der Waals surface area contributed by atoms with Crippen LogP contribution in [-0.2, 0) is 9.53 Å². The molecule has 17 heavy (non-hydrogen) atoms. The van der Waals surface area contributed by atoms with Gasteiger partial charge in [0.1, 0.15) is 11.9 Å². The molecule has 0 fully saturated rings. The standard InChI is InChI=1S/C11H13N2O4/c1-2-17-11(16)9(13-12)10(15)7-5-3-4-6-8(7)14/h3-6,9-10,14-15H,2H2,1H3/q-1. The van der Waals surface area contributed by atoms with Crippen molar-refractivity contribution in [3.8, 4) is 5.75 Å². The highest BCUT2D eigenvalue weighted by atomic mass is 16.5. The van der Waals surface area contributed by atoms with E-state index in [1.54, 1.807) is 19.1 Å². The predicted molar refractivity (Wildman–Crippen MR) is 59.3 cm³/mol. The summed E-state index contributed by atoms with van der Waals surface area (Å²) in [6.45, 7) is 1.71. The van der Waals surface area contributed by atoms with E-state index in [0.717, 1.165) is 0 Å². The fourth-order valence-corrected chi connectivity index (χ4v) is 1.37. The number of rotatable bonds is 5. The molecule has 0 spiro atoms. The van der Waals surface area contributed by atoms with E-state index in [1.165, 1.54) is 12.1 Å². The van der Waals surface area contributed by atoms with Gasteiger partial charge in [-0.15, -0.1) is 0 Å². The van der Waals surface area contributed by atoms with Crippen molar-refractivity contribution in [3.63, 3.8) is 0 Å². The van der Waals surface area contributed by atoms with Gasteiger partial charge >= 0.3 is 5.97 Å². The van der Waals surface area contributed by atoms with Crippen molar-refractivity contribution in [3.05, 3.63) is 35.4 Å². The Labute approximate surface area is 98.4 Å². The minimum absolute atomic E-state index is 0.100. The first kappa shape index (κ1) is 13.1. The second-order valence-corrected chi connectivity index (χ2v) is 3.32. The summed E-state index contributed by atoms with van der Waals surface area (Å²) in [6.07, 6.45) is -1.46. The van der Waals surface area contributed by atoms with Gasteiger partial charge in [0.2, 0.25) is 0 Å². The Morgan fingerprint density at radius 1 is 1.53 bits per heavy atom. The van der Waals surface area contributed by atoms with Crippen LogP contribution >= 0.6 is 0 Å². The van der Waals surface area contributed by atoms with Gasteiger partial charge in [-0.2, -0.15) is 0 Å². The Hall–Kier alpha value is -1.95. The van der Waals surface area contributed by atoms with E-state index in [9.17, 15) is 15.0 Å². The monoisotopic (exact) mass is 237 g/mol. The molecule has 1 aromatic carbocycles. The molecular weight excluding hydrogens is 224 g/mol. The number of aromatic hydroxyl groups is 1. The number of hydrogen-bond acceptors (Lipinski definition) is 5. The highest BCUT2D eigenvalue weighted by Gasteiger charge is 2.28. The minimum atomic E-state index is -1.47. The van der Waals surface area contributed by atoms with E-state index in [0.29, 0.717) is 0 Å². The number of benzene rings is 1. The number of ether oxygens (including phenoxy) is 1. The molecule has 0 aliphatic carbocycles. The summed E-state index contributed by atoms with van der Waals surface area (Å²) in [5.74, 6) is -1.04. The molecule has 2 unspecified atom stereocenters. The second-order valence-electron chi connectivity index (χ2n) is 3.32. The van der Waals surface area contributed by atoms with Gasteiger partial charge in [0.15, 0.2) is 6.04 Å². The maximum absolute atomic E-state index is 11.4. The number of carbonyl (C=O) groups is 1. The topological polar surface area (TPSA) is 101 Å². The van der Waals surface area contributed by atoms with Crippen LogP contribution in [0, 0.1) is 0 Å². The Bertz CT molecular complexity index is 408. The van der Waals surface area contributed by atoms with E-state index in [-0.39, 0.29) is 17.9 Å². The largest absolute Gasteiger partial charge is 0.711 e. The zero-order chi connectivity index (χ0) is 12.8. The molecule has 6 heteroatoms. The smallest absolute Gasteiger partial charge is 0.331 e. The molecule has 2 N–H and O–H groups in total. The lowest BCUT2D eigenvalue weighted by molar-refractivity contribution is -0.147. The molecule has 0 radical (unpaired) electrons. The maximum Gasteiger partial charge on any atom is 0.331 e. The van der Waals surface area contributed by atoms with Crippen LogP contribution < -0.4 is 0 Å². The molecule has 2 atom stereocenters. The first-order valence-corrected chi connectivity index (χ1v) is 5.08. The average molecular weight is 237 g/mol. The van der Waals surface area contributed by atoms with Gasteiger partial charge in [-0.1, -0.05) is 18.2 Å². The number of carbonyl (C=O) groups excluding carboxylic acids is 1. The summed E-state index contributed by atoms with van der Waals surface area (Å²) in [4.78, 5) is 11.4. The maximum atomic E-state index is 11.4. The van der Waals surface area contributed by atoms with Crippen molar-refractivity contribution in [2.24, 2.45) is 5.11 Å². The molecule has 0 aliphatic rings. The van der Waals surface area contributed by atoms with Gasteiger partial charge in [-0.25, -0.2) is 4.79 Å². The number of aliphatic hydroxyl groups excluding tert-OH is 1. The highest BCUT2D eigenvalue weighted by Crippen LogP contribution is 2.27. The number of aliphatic hydroxyl groups is 1. The zero-order valence-corrected chi connectivity index (χ0v) is 9.28. The van der Waals surface area contributed by atoms with Crippen LogP contribution in [0.25, 0.3) is 5.53 Å². The molecule has 0 amide bonds. The lowest BCUT2D eigenvalue weighted by Gasteiger charge is -2.20. The van der Waals surface area contributed by atoms with Crippen molar-refractivity contribution in [1.82, 2.24) is 0 Å². The number of esters is 1. The Morgan fingerprint density at radius 3 is 2.71 bits per heavy atom. The first-order chi connectivity index (χ1) is 8.11. The molecular formula is C11H13N2O4-. The molecule has 1 rings (SSSR count). The van der Waals surface area contributed by atoms with Crippen molar-refractivity contribution < 1.29 is 19.7 Å². The molecule has 0 aromatic heterocycles. The summed E-state index contributed by atoms with van der Waals surface area (Å²) in [7, 11) is 0. The molecule has 92 valence electrons. The Kier molecular flexibility index (Phi) is 4.59. The van der Waals surface area contributed by atoms with Crippen LogP contribution in [0.1, 0.15) is 18.6 Å². The van der Waals surface area contributed by atoms with Crippen molar-refractivity contribution in [2.45, 2.75) is 19.1 Å². The van der Waals surface area contributed by atoms with E-state index in [1.807, 2.05) is 0 Å². The average Bonchev–Trinajstić information content (AvgIpc) is 2.30. The zero-order valence-electron chi connectivity index (χ0n) is 9.28. The van der Waals surface area contributed by atoms with Gasteiger partial charge in [-0.3, -0.25) is 0 Å². The molecule has 0 aliphatic heterocycles. The number of nitrogens with zero attached hydrogens (tertiary/aromatic N) is 2. The summed E-state index contributed by atoms with van der Waals surface area (Å²) in [5, 5.41) is 22.1. The third-order valence-electron chi connectivity index (χ3n) is 2.21. The second kappa shape index (κ2) is 5.95. The summed E-state index contributed by atoms with van der Waals surface area (Å²) < 4.78 is 4.64. The third kappa shape index (κ3) is 3.01. The Balaban J connectivity index is 2.94. The summed E-state index contributed by atoms with van der Waals surface area (Å²) in [6, 6.07) is 4.47. The third-order valence-corrected chi connectivity index (χ3v) is 2.21. The first-order valence-electron chi connectivity index (χ1n) is 5.08. The van der Waals surface area contributed by atoms with Crippen molar-refractivity contribution in [2.75, 3.05) is 6.61 Å². The fraction of sp³-hybridized carbons (Fsp3) is 0.364. The van der Waals surface area contributed by atoms with Crippen LogP contribution in [0.2, 0.25) is 0 Å². The van der Waals surface area contributed by atoms with E-state index >= 15 is 0 Å². The lowest BCUT2D eigenvalue weighted by Crippen LogP contribution is -2.28. The molecule has 0 bridgehead atoms. The Morgan fingerprint density at radius 2 is 2.18 bits per heavy atom. The quantitative estimate of drug-likeness (QED) is 0.596. The van der Waals surface area contributed by atoms with Crippen LogP contribution in [0.4, 0.5) is 0 Å². The molecule has 6 nitrogen and oxygen atoms in total. The van der Waals surface area contributed by atoms with E-state index in [4.69, 9.17) is 5.53 Å². The molecule has 0 saturated carbocycles. The van der Waals surface area contributed by atoms with E-state index in [2.05, 4.69) is 9.85 Å². The highest BCUT2D eigenvalue weighted by molar-refractivity contribution is 5.77. The number of phenols is 1. The number of hydrogen-bond donors (Lipinski definition) is 2. The van der Waals surface area contributed by atoms with Gasteiger partial charge in [0, 0.05) is 5.56 Å². The molecule has 1 aromatic rings. The fourth-order valence-electron chi connectivity index (χ4n) is 1.37. The van der Waals surface area contributed by atoms with Gasteiger partial charge < -0.3 is 25.6 Å². The van der Waals surface area contributed by atoms with E-state index < -0.39 is 18.1 Å². The molecule has 0 heterocycles. The molecule has 0 saturated heterocycles. The van der Waals surface area contributed by atoms with Crippen molar-refractivity contribution >= 4 is 5.97 Å². The normalized spacial score (nSPS) is 13.8. The van der Waals surface area contributed by atoms with Crippen LogP contribution in [0.5, 0.6) is 5.75 Å². The summed E-state index contributed by atoms with van der Waals surface area (Å²) in [5.41, 5.74) is 8.83. The van der Waals surface area contributed by atoms with Gasteiger partial charge in [-0.05, 0) is 13.0 Å². The van der Waals surface area contributed by atoms with Crippen molar-refractivity contribution in [1.29, 1.82) is 0 Å². The SMILES string of the molecule is CCOC(=O)C(N=[N-])C(O)c1ccccc1O. The number of para-hydroxylation sites is 1. The van der Waals surface area contributed by atoms with Gasteiger partial charge in [0.05, 0.1) is 6.61 Å². The number of phenolic OH excluding ortho intramolecular Hbond substituents is 1.